The highest BCUT2D eigenvalue weighted by Gasteiger charge is 2.18. The summed E-state index contributed by atoms with van der Waals surface area (Å²) in [4.78, 5) is 15.7. The molecule has 1 aromatic heterocycles. The predicted octanol–water partition coefficient (Wildman–Crippen LogP) is 3.66. The number of ether oxygens (including phenoxy) is 2. The average Bonchev–Trinajstić information content (AvgIpc) is 2.40. The van der Waals surface area contributed by atoms with Crippen LogP contribution in [0, 0.1) is 0 Å². The molecule has 0 aliphatic rings. The van der Waals surface area contributed by atoms with Gasteiger partial charge in [0.25, 0.3) is 0 Å². The average molecular weight is 358 g/mol. The Morgan fingerprint density at radius 3 is 2.75 bits per heavy atom. The van der Waals surface area contributed by atoms with Crippen LogP contribution in [0.4, 0.5) is 5.69 Å². The van der Waals surface area contributed by atoms with Crippen LogP contribution < -0.4 is 10.5 Å². The Morgan fingerprint density at radius 2 is 2.10 bits per heavy atom. The largest absolute Gasteiger partial charge is 0.465 e. The summed E-state index contributed by atoms with van der Waals surface area (Å²) in [6.45, 7) is 0. The number of methoxy groups -OCH3 is 1. The molecule has 0 bridgehead atoms. The van der Waals surface area contributed by atoms with Gasteiger partial charge in [-0.05, 0) is 34.1 Å². The smallest absolute Gasteiger partial charge is 0.341 e. The number of benzene rings is 1. The van der Waals surface area contributed by atoms with Gasteiger partial charge in [0.05, 0.1) is 18.3 Å². The van der Waals surface area contributed by atoms with Crippen molar-refractivity contribution >= 4 is 39.2 Å². The van der Waals surface area contributed by atoms with Crippen molar-refractivity contribution in [2.75, 3.05) is 12.8 Å². The van der Waals surface area contributed by atoms with Crippen LogP contribution in [0.5, 0.6) is 11.5 Å². The summed E-state index contributed by atoms with van der Waals surface area (Å²) in [6.07, 6.45) is 3.11. The third-order valence-electron chi connectivity index (χ3n) is 2.37. The maximum atomic E-state index is 11.8. The number of aromatic nitrogens is 1. The summed E-state index contributed by atoms with van der Waals surface area (Å²) in [5.41, 5.74) is 6.16. The van der Waals surface area contributed by atoms with Crippen LogP contribution >= 0.6 is 27.5 Å². The minimum absolute atomic E-state index is 0.150. The summed E-state index contributed by atoms with van der Waals surface area (Å²) in [6, 6.07) is 4.63. The van der Waals surface area contributed by atoms with Crippen LogP contribution in [0.1, 0.15) is 10.4 Å². The van der Waals surface area contributed by atoms with E-state index in [4.69, 9.17) is 26.8 Å². The topological polar surface area (TPSA) is 74.4 Å². The van der Waals surface area contributed by atoms with Gasteiger partial charge in [0.15, 0.2) is 5.75 Å². The molecule has 1 aromatic carbocycles. The normalized spacial score (nSPS) is 10.2. The molecule has 0 spiro atoms. The minimum atomic E-state index is -0.586. The predicted molar refractivity (Wildman–Crippen MR) is 79.2 cm³/mol. The van der Waals surface area contributed by atoms with E-state index in [9.17, 15) is 4.79 Å². The number of rotatable bonds is 3. The van der Waals surface area contributed by atoms with Crippen LogP contribution in [0.3, 0.4) is 0 Å². The van der Waals surface area contributed by atoms with Gasteiger partial charge in [0.1, 0.15) is 11.3 Å². The molecule has 0 unspecified atom stereocenters. The number of nitrogen functional groups attached to an aromatic ring is 1. The zero-order chi connectivity index (χ0) is 14.7. The highest BCUT2D eigenvalue weighted by Crippen LogP contribution is 2.35. The van der Waals surface area contributed by atoms with Crippen molar-refractivity contribution in [2.24, 2.45) is 0 Å². The van der Waals surface area contributed by atoms with Gasteiger partial charge in [-0.25, -0.2) is 4.79 Å². The van der Waals surface area contributed by atoms with E-state index in [1.54, 1.807) is 12.3 Å². The molecule has 0 aliphatic carbocycles. The Bertz CT molecular complexity index is 664. The molecule has 7 heteroatoms. The van der Waals surface area contributed by atoms with Crippen molar-refractivity contribution in [3.63, 3.8) is 0 Å². The minimum Gasteiger partial charge on any atom is -0.465 e. The molecule has 0 fully saturated rings. The van der Waals surface area contributed by atoms with E-state index in [0.717, 1.165) is 4.47 Å². The molecular weight excluding hydrogens is 348 g/mol. The Labute approximate surface area is 128 Å². The van der Waals surface area contributed by atoms with Gasteiger partial charge < -0.3 is 15.2 Å². The second-order valence-corrected chi connectivity index (χ2v) is 5.13. The van der Waals surface area contributed by atoms with E-state index in [1.165, 1.54) is 25.4 Å². The summed E-state index contributed by atoms with van der Waals surface area (Å²) in [7, 11) is 1.27. The molecular formula is C13H10BrClN2O3. The van der Waals surface area contributed by atoms with Gasteiger partial charge in [-0.15, -0.1) is 0 Å². The van der Waals surface area contributed by atoms with Crippen molar-refractivity contribution in [1.29, 1.82) is 0 Å². The van der Waals surface area contributed by atoms with Gasteiger partial charge in [0.2, 0.25) is 0 Å². The summed E-state index contributed by atoms with van der Waals surface area (Å²) >= 11 is 9.36. The van der Waals surface area contributed by atoms with Gasteiger partial charge in [-0.2, -0.15) is 0 Å². The number of anilines is 1. The van der Waals surface area contributed by atoms with Crippen molar-refractivity contribution in [1.82, 2.24) is 4.98 Å². The summed E-state index contributed by atoms with van der Waals surface area (Å²) in [5, 5.41) is 0.213. The Balaban J connectivity index is 2.47. The van der Waals surface area contributed by atoms with E-state index in [0.29, 0.717) is 11.4 Å². The van der Waals surface area contributed by atoms with E-state index in [2.05, 4.69) is 20.9 Å². The van der Waals surface area contributed by atoms with Crippen LogP contribution in [0.2, 0.25) is 5.02 Å². The fraction of sp³-hybridized carbons (Fsp3) is 0.0769. The Hall–Kier alpha value is -1.79. The molecule has 5 nitrogen and oxygen atoms in total. The monoisotopic (exact) mass is 356 g/mol. The van der Waals surface area contributed by atoms with Crippen LogP contribution in [0.25, 0.3) is 0 Å². The first-order valence-electron chi connectivity index (χ1n) is 5.47. The van der Waals surface area contributed by atoms with E-state index < -0.39 is 5.97 Å². The number of halogens is 2. The number of nitrogens with zero attached hydrogens (tertiary/aromatic N) is 1. The number of carbonyl (C=O) groups excluding carboxylic acids is 1. The third kappa shape index (κ3) is 3.20. The van der Waals surface area contributed by atoms with Crippen LogP contribution in [0.15, 0.2) is 35.1 Å². The maximum Gasteiger partial charge on any atom is 0.341 e. The van der Waals surface area contributed by atoms with Gasteiger partial charge >= 0.3 is 5.97 Å². The van der Waals surface area contributed by atoms with Crippen molar-refractivity contribution in [2.45, 2.75) is 0 Å². The summed E-state index contributed by atoms with van der Waals surface area (Å²) in [5.74, 6) is 0.0148. The number of nitrogens with two attached hydrogens (primary N) is 1. The highest BCUT2D eigenvalue weighted by atomic mass is 79.9. The van der Waals surface area contributed by atoms with Gasteiger partial charge in [0, 0.05) is 16.4 Å². The second kappa shape index (κ2) is 6.11. The second-order valence-electron chi connectivity index (χ2n) is 3.81. The SMILES string of the molecule is COC(=O)c1cc(N)cc(Cl)c1Oc1cncc(Br)c1. The summed E-state index contributed by atoms with van der Waals surface area (Å²) < 4.78 is 11.0. The molecule has 2 rings (SSSR count). The number of esters is 1. The molecule has 2 aromatic rings. The van der Waals surface area contributed by atoms with Crippen LogP contribution in [-0.4, -0.2) is 18.1 Å². The molecule has 0 amide bonds. The van der Waals surface area contributed by atoms with Crippen molar-refractivity contribution < 1.29 is 14.3 Å². The van der Waals surface area contributed by atoms with Crippen molar-refractivity contribution in [3.05, 3.63) is 45.7 Å². The lowest BCUT2D eigenvalue weighted by Gasteiger charge is -2.12. The van der Waals surface area contributed by atoms with Gasteiger partial charge in [-0.1, -0.05) is 11.6 Å². The first-order valence-corrected chi connectivity index (χ1v) is 6.64. The Morgan fingerprint density at radius 1 is 1.35 bits per heavy atom. The lowest BCUT2D eigenvalue weighted by atomic mass is 10.2. The van der Waals surface area contributed by atoms with Crippen molar-refractivity contribution in [3.8, 4) is 11.5 Å². The standard InChI is InChI=1S/C13H10BrClN2O3/c1-19-13(18)10-3-8(16)4-11(15)12(10)20-9-2-7(14)5-17-6-9/h2-6H,16H2,1H3. The van der Waals surface area contributed by atoms with E-state index >= 15 is 0 Å². The lowest BCUT2D eigenvalue weighted by molar-refractivity contribution is 0.0598. The zero-order valence-electron chi connectivity index (χ0n) is 10.4. The lowest BCUT2D eigenvalue weighted by Crippen LogP contribution is -2.05. The molecule has 2 N–H and O–H groups in total. The van der Waals surface area contributed by atoms with E-state index in [-0.39, 0.29) is 16.3 Å². The molecule has 0 radical (unpaired) electrons. The number of hydrogen-bond acceptors (Lipinski definition) is 5. The quantitative estimate of drug-likeness (QED) is 0.670. The third-order valence-corrected chi connectivity index (χ3v) is 3.09. The van der Waals surface area contributed by atoms with E-state index in [1.807, 2.05) is 0 Å². The first-order chi connectivity index (χ1) is 9.51. The first kappa shape index (κ1) is 14.6. The molecule has 0 saturated carbocycles. The number of pyridine rings is 1. The zero-order valence-corrected chi connectivity index (χ0v) is 12.7. The Kier molecular flexibility index (Phi) is 4.46. The molecule has 0 atom stereocenters. The molecule has 0 aliphatic heterocycles. The van der Waals surface area contributed by atoms with Crippen LogP contribution in [-0.2, 0) is 4.74 Å². The molecule has 0 saturated heterocycles. The maximum absolute atomic E-state index is 11.8. The number of carbonyl (C=O) groups is 1. The highest BCUT2D eigenvalue weighted by molar-refractivity contribution is 9.10. The molecule has 104 valence electrons. The fourth-order valence-corrected chi connectivity index (χ4v) is 2.16. The van der Waals surface area contributed by atoms with Gasteiger partial charge in [-0.3, -0.25) is 4.98 Å². The molecule has 20 heavy (non-hydrogen) atoms. The number of hydrogen-bond donors (Lipinski definition) is 1. The fourth-order valence-electron chi connectivity index (χ4n) is 1.55. The molecule has 1 heterocycles.